The number of nitrogens with zero attached hydrogens (tertiary/aromatic N) is 5. The number of aromatic nitrogens is 5. The van der Waals surface area contributed by atoms with Crippen LogP contribution in [0.4, 0.5) is 0 Å². The van der Waals surface area contributed by atoms with Gasteiger partial charge in [-0.15, -0.1) is 22.7 Å². The van der Waals surface area contributed by atoms with Gasteiger partial charge in [0.1, 0.15) is 11.2 Å². The first-order valence-electron chi connectivity index (χ1n) is 18.7. The summed E-state index contributed by atoms with van der Waals surface area (Å²) in [6, 6.07) is 56.2. The van der Waals surface area contributed by atoms with Gasteiger partial charge in [0.15, 0.2) is 23.3 Å². The minimum Gasteiger partial charge on any atom is -0.456 e. The van der Waals surface area contributed by atoms with Gasteiger partial charge in [-0.2, -0.15) is 0 Å². The lowest BCUT2D eigenvalue weighted by molar-refractivity contribution is 0.669. The minimum absolute atomic E-state index is 0.597. The van der Waals surface area contributed by atoms with Crippen LogP contribution in [0.25, 0.3) is 119 Å². The third kappa shape index (κ3) is 5.19. The Morgan fingerprint density at radius 3 is 1.77 bits per heavy atom. The van der Waals surface area contributed by atoms with Gasteiger partial charge in [0.25, 0.3) is 0 Å². The summed E-state index contributed by atoms with van der Waals surface area (Å²) in [5, 5.41) is 5.43. The maximum absolute atomic E-state index is 6.27. The van der Waals surface area contributed by atoms with Crippen molar-refractivity contribution in [3.8, 4) is 56.8 Å². The Kier molecular flexibility index (Phi) is 7.17. The van der Waals surface area contributed by atoms with Gasteiger partial charge in [0.05, 0.1) is 15.9 Å². The smallest absolute Gasteiger partial charge is 0.164 e. The molecule has 0 amide bonds. The molecule has 7 aromatic carbocycles. The maximum Gasteiger partial charge on any atom is 0.164 e. The molecule has 8 heteroatoms. The molecular formula is C49H27N5OS2. The molecule has 0 fully saturated rings. The summed E-state index contributed by atoms with van der Waals surface area (Å²) in [6.07, 6.45) is 0. The zero-order chi connectivity index (χ0) is 37.5. The molecule has 5 heterocycles. The Hall–Kier alpha value is -7.13. The van der Waals surface area contributed by atoms with Crippen molar-refractivity contribution in [2.45, 2.75) is 0 Å². The minimum atomic E-state index is 0.597. The molecule has 0 aliphatic carbocycles. The van der Waals surface area contributed by atoms with Crippen LogP contribution >= 0.6 is 22.7 Å². The molecule has 6 nitrogen and oxygen atoms in total. The quantitative estimate of drug-likeness (QED) is 0.174. The summed E-state index contributed by atoms with van der Waals surface area (Å²) in [4.78, 5) is 25.9. The Morgan fingerprint density at radius 2 is 0.982 bits per heavy atom. The molecule has 57 heavy (non-hydrogen) atoms. The number of furan rings is 1. The van der Waals surface area contributed by atoms with Gasteiger partial charge >= 0.3 is 0 Å². The summed E-state index contributed by atoms with van der Waals surface area (Å²) >= 11 is 3.52. The van der Waals surface area contributed by atoms with E-state index in [1.807, 2.05) is 78.9 Å². The number of fused-ring (bicyclic) bond motifs is 9. The van der Waals surface area contributed by atoms with Crippen molar-refractivity contribution in [2.75, 3.05) is 0 Å². The van der Waals surface area contributed by atoms with Crippen LogP contribution in [0.3, 0.4) is 0 Å². The third-order valence-electron chi connectivity index (χ3n) is 10.6. The number of thiophene rings is 2. The molecule has 12 aromatic rings. The molecule has 12 rings (SSSR count). The monoisotopic (exact) mass is 765 g/mol. The van der Waals surface area contributed by atoms with Crippen molar-refractivity contribution >= 4 is 85.1 Å². The average molecular weight is 766 g/mol. The first kappa shape index (κ1) is 32.1. The summed E-state index contributed by atoms with van der Waals surface area (Å²) in [5.74, 6) is 2.55. The van der Waals surface area contributed by atoms with E-state index in [4.69, 9.17) is 29.3 Å². The van der Waals surface area contributed by atoms with Crippen LogP contribution in [0.1, 0.15) is 0 Å². The topological polar surface area (TPSA) is 77.6 Å². The van der Waals surface area contributed by atoms with E-state index in [0.717, 1.165) is 97.0 Å². The van der Waals surface area contributed by atoms with E-state index in [2.05, 4.69) is 84.9 Å². The van der Waals surface area contributed by atoms with E-state index in [9.17, 15) is 0 Å². The lowest BCUT2D eigenvalue weighted by atomic mass is 10.0. The van der Waals surface area contributed by atoms with Crippen LogP contribution in [0, 0.1) is 0 Å². The second-order valence-electron chi connectivity index (χ2n) is 14.0. The highest BCUT2D eigenvalue weighted by atomic mass is 32.1. The Morgan fingerprint density at radius 1 is 0.368 bits per heavy atom. The van der Waals surface area contributed by atoms with Gasteiger partial charge in [0, 0.05) is 68.8 Å². The normalized spacial score (nSPS) is 11.9. The van der Waals surface area contributed by atoms with Gasteiger partial charge in [-0.05, 0) is 30.3 Å². The van der Waals surface area contributed by atoms with Crippen LogP contribution in [-0.4, -0.2) is 24.9 Å². The predicted molar refractivity (Wildman–Crippen MR) is 236 cm³/mol. The Bertz CT molecular complexity index is 3540. The van der Waals surface area contributed by atoms with Crippen LogP contribution in [0.2, 0.25) is 0 Å². The lowest BCUT2D eigenvalue weighted by Crippen LogP contribution is -2.00. The summed E-state index contributed by atoms with van der Waals surface area (Å²) < 4.78 is 10.9. The summed E-state index contributed by atoms with van der Waals surface area (Å²) in [7, 11) is 0. The molecule has 0 aliphatic heterocycles. The van der Waals surface area contributed by atoms with Crippen molar-refractivity contribution in [1.82, 2.24) is 24.9 Å². The summed E-state index contributed by atoms with van der Waals surface area (Å²) in [5.41, 5.74) is 8.38. The van der Waals surface area contributed by atoms with Crippen LogP contribution in [0.5, 0.6) is 0 Å². The van der Waals surface area contributed by atoms with Crippen molar-refractivity contribution < 1.29 is 4.42 Å². The van der Waals surface area contributed by atoms with Crippen molar-refractivity contribution in [3.63, 3.8) is 0 Å². The van der Waals surface area contributed by atoms with Crippen LogP contribution in [-0.2, 0) is 0 Å². The molecule has 5 aromatic heterocycles. The molecule has 0 bridgehead atoms. The largest absolute Gasteiger partial charge is 0.456 e. The van der Waals surface area contributed by atoms with E-state index in [1.54, 1.807) is 22.7 Å². The number of hydrogen-bond acceptors (Lipinski definition) is 8. The van der Waals surface area contributed by atoms with Crippen molar-refractivity contribution in [2.24, 2.45) is 0 Å². The maximum atomic E-state index is 6.27. The van der Waals surface area contributed by atoms with E-state index < -0.39 is 0 Å². The molecule has 0 saturated carbocycles. The highest BCUT2D eigenvalue weighted by molar-refractivity contribution is 7.26. The van der Waals surface area contributed by atoms with Gasteiger partial charge in [-0.25, -0.2) is 24.9 Å². The predicted octanol–water partition coefficient (Wildman–Crippen LogP) is 13.6. The zero-order valence-corrected chi connectivity index (χ0v) is 31.7. The number of benzene rings is 7. The molecule has 0 unspecified atom stereocenters. The standard InChI is InChI=1S/C49H27N5OS2/c1-3-13-28(14-4-1)46-50-43(45-44(51-46)33-18-8-10-23-38(33)57-45)30-25-26-32-40(27-30)56-39-24-12-20-35(42(32)39)49-53-47(29-15-5-2-6-16-29)52-48(54-49)34-19-11-22-37-41(34)31-17-7-9-21-36(31)55-37/h1-27H. The van der Waals surface area contributed by atoms with Crippen molar-refractivity contribution in [3.05, 3.63) is 164 Å². The number of para-hydroxylation sites is 1. The zero-order valence-electron chi connectivity index (χ0n) is 30.0. The van der Waals surface area contributed by atoms with E-state index in [0.29, 0.717) is 17.5 Å². The van der Waals surface area contributed by atoms with Gasteiger partial charge in [-0.3, -0.25) is 0 Å². The SMILES string of the molecule is c1ccc(-c2nc(-c3cccc4oc5ccccc5c34)nc(-c3cccc4sc5cc(-c6nc(-c7ccccc7)nc7c6sc6ccccc67)ccc5c34)n2)cc1. The third-order valence-corrected chi connectivity index (χ3v) is 12.9. The number of rotatable bonds is 5. The number of hydrogen-bond donors (Lipinski definition) is 0. The van der Waals surface area contributed by atoms with Gasteiger partial charge in [0.2, 0.25) is 0 Å². The lowest BCUT2D eigenvalue weighted by Gasteiger charge is -2.10. The van der Waals surface area contributed by atoms with Crippen LogP contribution in [0.15, 0.2) is 168 Å². The molecular weight excluding hydrogens is 739 g/mol. The van der Waals surface area contributed by atoms with E-state index in [-0.39, 0.29) is 0 Å². The molecule has 266 valence electrons. The van der Waals surface area contributed by atoms with Crippen LogP contribution < -0.4 is 0 Å². The van der Waals surface area contributed by atoms with Crippen molar-refractivity contribution in [1.29, 1.82) is 0 Å². The fraction of sp³-hybridized carbons (Fsp3) is 0. The highest BCUT2D eigenvalue weighted by Gasteiger charge is 2.21. The second-order valence-corrected chi connectivity index (χ2v) is 16.1. The highest BCUT2D eigenvalue weighted by Crippen LogP contribution is 2.44. The molecule has 0 saturated heterocycles. The average Bonchev–Trinajstić information content (AvgIpc) is 3.97. The Labute approximate surface area is 333 Å². The first-order valence-corrected chi connectivity index (χ1v) is 20.3. The second kappa shape index (κ2) is 12.7. The molecule has 0 spiro atoms. The molecule has 0 radical (unpaired) electrons. The van der Waals surface area contributed by atoms with E-state index in [1.165, 1.54) is 4.70 Å². The molecule has 0 atom stereocenters. The van der Waals surface area contributed by atoms with E-state index >= 15 is 0 Å². The Balaban J connectivity index is 1.07. The summed E-state index contributed by atoms with van der Waals surface area (Å²) in [6.45, 7) is 0. The molecule has 0 aliphatic rings. The van der Waals surface area contributed by atoms with Gasteiger partial charge in [-0.1, -0.05) is 133 Å². The molecule has 0 N–H and O–H groups in total. The first-order chi connectivity index (χ1) is 28.2. The van der Waals surface area contributed by atoms with Gasteiger partial charge < -0.3 is 4.42 Å². The fourth-order valence-corrected chi connectivity index (χ4v) is 10.3. The fourth-order valence-electron chi connectivity index (χ4n) is 7.96.